The van der Waals surface area contributed by atoms with E-state index in [1.165, 1.54) is 0 Å². The highest BCUT2D eigenvalue weighted by atomic mass is 16.3. The summed E-state index contributed by atoms with van der Waals surface area (Å²) in [6.45, 7) is 10.4. The highest BCUT2D eigenvalue weighted by molar-refractivity contribution is 5.09. The lowest BCUT2D eigenvalue weighted by molar-refractivity contribution is 0.0152. The first-order valence-electron chi connectivity index (χ1n) is 6.34. The quantitative estimate of drug-likeness (QED) is 0.824. The normalized spacial score (nSPS) is 14.9. The molecule has 0 bridgehead atoms. The largest absolute Gasteiger partial charge is 0.389 e. The van der Waals surface area contributed by atoms with Crippen LogP contribution in [-0.4, -0.2) is 33.7 Å². The van der Waals surface area contributed by atoms with Gasteiger partial charge in [0.1, 0.15) is 0 Å². The molecule has 1 atom stereocenters. The van der Waals surface area contributed by atoms with E-state index in [0.717, 1.165) is 30.9 Å². The van der Waals surface area contributed by atoms with E-state index < -0.39 is 5.60 Å². The molecule has 0 radical (unpaired) electrons. The third-order valence-electron chi connectivity index (χ3n) is 3.10. The van der Waals surface area contributed by atoms with Gasteiger partial charge in [-0.05, 0) is 38.9 Å². The van der Waals surface area contributed by atoms with Gasteiger partial charge in [0.2, 0.25) is 0 Å². The van der Waals surface area contributed by atoms with Gasteiger partial charge >= 0.3 is 0 Å². The minimum Gasteiger partial charge on any atom is -0.389 e. The standard InChI is InChI=1S/C14H24N2O/c1-5-14(4,17)11-16(6-2)10-13-9-7-8-12(3)15-13/h7-9,17H,5-6,10-11H2,1-4H3. The molecule has 0 aromatic carbocycles. The van der Waals surface area contributed by atoms with Crippen LogP contribution in [0.3, 0.4) is 0 Å². The molecule has 0 saturated carbocycles. The molecule has 0 aliphatic rings. The van der Waals surface area contributed by atoms with Crippen LogP contribution in [0.15, 0.2) is 18.2 Å². The fraction of sp³-hybridized carbons (Fsp3) is 0.643. The van der Waals surface area contributed by atoms with Gasteiger partial charge in [-0.2, -0.15) is 0 Å². The molecule has 96 valence electrons. The molecule has 0 aliphatic carbocycles. The number of aliphatic hydroxyl groups is 1. The van der Waals surface area contributed by atoms with E-state index in [0.29, 0.717) is 6.54 Å². The van der Waals surface area contributed by atoms with Gasteiger partial charge in [-0.1, -0.05) is 19.9 Å². The summed E-state index contributed by atoms with van der Waals surface area (Å²) < 4.78 is 0. The number of pyridine rings is 1. The Morgan fingerprint density at radius 2 is 2.06 bits per heavy atom. The second-order valence-corrected chi connectivity index (χ2v) is 4.92. The van der Waals surface area contributed by atoms with Crippen molar-refractivity contribution in [3.63, 3.8) is 0 Å². The van der Waals surface area contributed by atoms with Crippen LogP contribution in [0.4, 0.5) is 0 Å². The van der Waals surface area contributed by atoms with Gasteiger partial charge in [0.15, 0.2) is 0 Å². The smallest absolute Gasteiger partial charge is 0.0743 e. The topological polar surface area (TPSA) is 36.4 Å². The average Bonchev–Trinajstić information content (AvgIpc) is 2.28. The van der Waals surface area contributed by atoms with Crippen molar-refractivity contribution in [2.24, 2.45) is 0 Å². The van der Waals surface area contributed by atoms with E-state index in [1.54, 1.807) is 0 Å². The van der Waals surface area contributed by atoms with Gasteiger partial charge in [0.25, 0.3) is 0 Å². The molecular formula is C14H24N2O. The van der Waals surface area contributed by atoms with Crippen LogP contribution < -0.4 is 0 Å². The summed E-state index contributed by atoms with van der Waals surface area (Å²) in [4.78, 5) is 6.72. The Bertz CT molecular complexity index is 350. The summed E-state index contributed by atoms with van der Waals surface area (Å²) in [7, 11) is 0. The summed E-state index contributed by atoms with van der Waals surface area (Å²) in [5.74, 6) is 0. The number of rotatable bonds is 6. The maximum atomic E-state index is 10.1. The van der Waals surface area contributed by atoms with Crippen molar-refractivity contribution in [2.45, 2.75) is 46.3 Å². The molecule has 1 aromatic rings. The first kappa shape index (κ1) is 14.1. The lowest BCUT2D eigenvalue weighted by atomic mass is 10.0. The number of hydrogen-bond acceptors (Lipinski definition) is 3. The van der Waals surface area contributed by atoms with E-state index in [1.807, 2.05) is 39.0 Å². The summed E-state index contributed by atoms with van der Waals surface area (Å²) in [5.41, 5.74) is 1.50. The molecule has 0 spiro atoms. The van der Waals surface area contributed by atoms with E-state index in [2.05, 4.69) is 16.8 Å². The fourth-order valence-electron chi connectivity index (χ4n) is 1.79. The summed E-state index contributed by atoms with van der Waals surface area (Å²) in [6, 6.07) is 6.07. The second-order valence-electron chi connectivity index (χ2n) is 4.92. The van der Waals surface area contributed by atoms with Gasteiger partial charge < -0.3 is 5.11 Å². The third-order valence-corrected chi connectivity index (χ3v) is 3.10. The van der Waals surface area contributed by atoms with Gasteiger partial charge in [0.05, 0.1) is 11.3 Å². The number of likely N-dealkylation sites (N-methyl/N-ethyl adjacent to an activating group) is 1. The first-order valence-corrected chi connectivity index (χ1v) is 6.34. The van der Waals surface area contributed by atoms with Crippen molar-refractivity contribution in [1.82, 2.24) is 9.88 Å². The van der Waals surface area contributed by atoms with Crippen LogP contribution >= 0.6 is 0 Å². The number of aryl methyl sites for hydroxylation is 1. The van der Waals surface area contributed by atoms with Gasteiger partial charge in [0, 0.05) is 18.8 Å². The fourth-order valence-corrected chi connectivity index (χ4v) is 1.79. The Morgan fingerprint density at radius 1 is 1.35 bits per heavy atom. The van der Waals surface area contributed by atoms with Gasteiger partial charge in [-0.3, -0.25) is 9.88 Å². The molecular weight excluding hydrogens is 212 g/mol. The van der Waals surface area contributed by atoms with E-state index in [-0.39, 0.29) is 0 Å². The van der Waals surface area contributed by atoms with E-state index >= 15 is 0 Å². The van der Waals surface area contributed by atoms with Crippen LogP contribution in [0.5, 0.6) is 0 Å². The Kier molecular flexibility index (Phi) is 5.09. The molecule has 0 fully saturated rings. The molecule has 1 heterocycles. The van der Waals surface area contributed by atoms with Crippen molar-refractivity contribution < 1.29 is 5.11 Å². The third kappa shape index (κ3) is 4.84. The van der Waals surface area contributed by atoms with Crippen molar-refractivity contribution >= 4 is 0 Å². The number of nitrogens with zero attached hydrogens (tertiary/aromatic N) is 2. The van der Waals surface area contributed by atoms with Crippen LogP contribution in [0, 0.1) is 6.92 Å². The Morgan fingerprint density at radius 3 is 2.59 bits per heavy atom. The van der Waals surface area contributed by atoms with Crippen LogP contribution in [0.1, 0.15) is 38.6 Å². The summed E-state index contributed by atoms with van der Waals surface area (Å²) in [5, 5.41) is 10.1. The average molecular weight is 236 g/mol. The number of hydrogen-bond donors (Lipinski definition) is 1. The Hall–Kier alpha value is -0.930. The molecule has 1 N–H and O–H groups in total. The van der Waals surface area contributed by atoms with Gasteiger partial charge in [-0.15, -0.1) is 0 Å². The van der Waals surface area contributed by atoms with Crippen LogP contribution in [0.2, 0.25) is 0 Å². The highest BCUT2D eigenvalue weighted by Crippen LogP contribution is 2.12. The molecule has 0 saturated heterocycles. The second kappa shape index (κ2) is 6.12. The minimum absolute atomic E-state index is 0.611. The lowest BCUT2D eigenvalue weighted by Crippen LogP contribution is -2.40. The van der Waals surface area contributed by atoms with Crippen molar-refractivity contribution in [1.29, 1.82) is 0 Å². The van der Waals surface area contributed by atoms with Crippen LogP contribution in [-0.2, 0) is 6.54 Å². The Balaban J connectivity index is 2.64. The zero-order valence-electron chi connectivity index (χ0n) is 11.4. The molecule has 3 heteroatoms. The molecule has 17 heavy (non-hydrogen) atoms. The summed E-state index contributed by atoms with van der Waals surface area (Å²) in [6.07, 6.45) is 0.769. The van der Waals surface area contributed by atoms with Crippen molar-refractivity contribution in [2.75, 3.05) is 13.1 Å². The lowest BCUT2D eigenvalue weighted by Gasteiger charge is -2.29. The molecule has 0 amide bonds. The first-order chi connectivity index (χ1) is 7.96. The minimum atomic E-state index is -0.611. The SMILES string of the molecule is CCN(Cc1cccc(C)n1)CC(C)(O)CC. The van der Waals surface area contributed by atoms with E-state index in [9.17, 15) is 5.11 Å². The predicted molar refractivity (Wildman–Crippen MR) is 70.8 cm³/mol. The predicted octanol–water partition coefficient (Wildman–Crippen LogP) is 2.37. The summed E-state index contributed by atoms with van der Waals surface area (Å²) >= 11 is 0. The molecule has 1 aromatic heterocycles. The van der Waals surface area contributed by atoms with Crippen molar-refractivity contribution in [3.8, 4) is 0 Å². The van der Waals surface area contributed by atoms with Crippen molar-refractivity contribution in [3.05, 3.63) is 29.6 Å². The Labute approximate surface area is 104 Å². The highest BCUT2D eigenvalue weighted by Gasteiger charge is 2.21. The maximum Gasteiger partial charge on any atom is 0.0743 e. The molecule has 0 aliphatic heterocycles. The monoisotopic (exact) mass is 236 g/mol. The zero-order valence-corrected chi connectivity index (χ0v) is 11.4. The molecule has 1 unspecified atom stereocenters. The molecule has 3 nitrogen and oxygen atoms in total. The number of aromatic nitrogens is 1. The molecule has 1 rings (SSSR count). The van der Waals surface area contributed by atoms with Crippen LogP contribution in [0.25, 0.3) is 0 Å². The van der Waals surface area contributed by atoms with Gasteiger partial charge in [-0.25, -0.2) is 0 Å². The maximum absolute atomic E-state index is 10.1. The zero-order chi connectivity index (χ0) is 12.9. The van der Waals surface area contributed by atoms with E-state index in [4.69, 9.17) is 0 Å².